The van der Waals surface area contributed by atoms with Crippen molar-refractivity contribution in [3.05, 3.63) is 0 Å². The predicted octanol–water partition coefficient (Wildman–Crippen LogP) is 1.23. The molecular weight excluding hydrogens is 202 g/mol. The van der Waals surface area contributed by atoms with Gasteiger partial charge in [-0.2, -0.15) is 0 Å². The van der Waals surface area contributed by atoms with Crippen LogP contribution in [0.1, 0.15) is 26.7 Å². The number of likely N-dealkylation sites (tertiary alicyclic amines) is 1. The number of nitrogens with zero attached hydrogens (tertiary/aromatic N) is 3. The Morgan fingerprint density at radius 1 is 1.12 bits per heavy atom. The van der Waals surface area contributed by atoms with Gasteiger partial charge in [0.05, 0.1) is 0 Å². The lowest BCUT2D eigenvalue weighted by Crippen LogP contribution is -2.47. The zero-order chi connectivity index (χ0) is 11.7. The number of urea groups is 1. The van der Waals surface area contributed by atoms with Crippen LogP contribution in [-0.4, -0.2) is 66.0 Å². The number of carbonyl (C=O) groups excluding carboxylic acids is 1. The zero-order valence-corrected chi connectivity index (χ0v) is 10.6. The van der Waals surface area contributed by atoms with Crippen molar-refractivity contribution in [2.45, 2.75) is 38.8 Å². The summed E-state index contributed by atoms with van der Waals surface area (Å²) in [5.41, 5.74) is 0. The van der Waals surface area contributed by atoms with Crippen LogP contribution in [0.2, 0.25) is 0 Å². The van der Waals surface area contributed by atoms with Gasteiger partial charge in [-0.15, -0.1) is 0 Å². The zero-order valence-electron chi connectivity index (χ0n) is 10.6. The maximum absolute atomic E-state index is 11.9. The van der Waals surface area contributed by atoms with Crippen molar-refractivity contribution >= 4 is 6.03 Å². The Morgan fingerprint density at radius 2 is 1.75 bits per heavy atom. The van der Waals surface area contributed by atoms with E-state index in [1.807, 2.05) is 11.9 Å². The monoisotopic (exact) mass is 225 g/mol. The second-order valence-electron chi connectivity index (χ2n) is 5.26. The number of carbonyl (C=O) groups is 1. The summed E-state index contributed by atoms with van der Waals surface area (Å²) in [6, 6.07) is 1.34. The maximum atomic E-state index is 11.9. The van der Waals surface area contributed by atoms with E-state index in [-0.39, 0.29) is 6.03 Å². The highest BCUT2D eigenvalue weighted by Crippen LogP contribution is 2.21. The summed E-state index contributed by atoms with van der Waals surface area (Å²) < 4.78 is 0. The average Bonchev–Trinajstić information content (AvgIpc) is 2.60. The van der Waals surface area contributed by atoms with E-state index in [4.69, 9.17) is 0 Å². The Hall–Kier alpha value is -0.770. The topological polar surface area (TPSA) is 26.8 Å². The molecular formula is C12H23N3O. The second kappa shape index (κ2) is 4.62. The highest BCUT2D eigenvalue weighted by Gasteiger charge is 2.33. The number of amides is 2. The van der Waals surface area contributed by atoms with E-state index >= 15 is 0 Å². The van der Waals surface area contributed by atoms with Gasteiger partial charge in [0, 0.05) is 45.3 Å². The first-order valence-electron chi connectivity index (χ1n) is 6.35. The highest BCUT2D eigenvalue weighted by molar-refractivity contribution is 5.76. The first-order valence-corrected chi connectivity index (χ1v) is 6.35. The fraction of sp³-hybridized carbons (Fsp3) is 0.917. The lowest BCUT2D eigenvalue weighted by atomic mass is 10.0. The molecule has 2 heterocycles. The van der Waals surface area contributed by atoms with E-state index in [1.165, 1.54) is 0 Å². The number of hydrogen-bond acceptors (Lipinski definition) is 2. The second-order valence-corrected chi connectivity index (χ2v) is 5.26. The van der Waals surface area contributed by atoms with Crippen molar-refractivity contribution in [3.8, 4) is 0 Å². The summed E-state index contributed by atoms with van der Waals surface area (Å²) in [4.78, 5) is 18.3. The number of hydrogen-bond donors (Lipinski definition) is 0. The molecule has 4 heteroatoms. The molecule has 0 aromatic heterocycles. The fourth-order valence-electron chi connectivity index (χ4n) is 2.72. The molecule has 0 saturated carbocycles. The van der Waals surface area contributed by atoms with Crippen molar-refractivity contribution in [2.24, 2.45) is 0 Å². The summed E-state index contributed by atoms with van der Waals surface area (Å²) in [5.74, 6) is 0. The highest BCUT2D eigenvalue weighted by atomic mass is 16.2. The summed E-state index contributed by atoms with van der Waals surface area (Å²) >= 11 is 0. The number of piperidine rings is 1. The molecule has 2 amide bonds. The summed E-state index contributed by atoms with van der Waals surface area (Å²) in [7, 11) is 1.89. The van der Waals surface area contributed by atoms with Crippen molar-refractivity contribution in [1.82, 2.24) is 14.7 Å². The summed E-state index contributed by atoms with van der Waals surface area (Å²) in [6.07, 6.45) is 2.27. The molecule has 0 atom stereocenters. The molecule has 92 valence electrons. The molecule has 0 bridgehead atoms. The Balaban J connectivity index is 1.87. The average molecular weight is 225 g/mol. The van der Waals surface area contributed by atoms with Crippen molar-refractivity contribution in [2.75, 3.05) is 33.2 Å². The van der Waals surface area contributed by atoms with Crippen molar-refractivity contribution in [1.29, 1.82) is 0 Å². The molecule has 0 aromatic carbocycles. The van der Waals surface area contributed by atoms with Gasteiger partial charge in [-0.25, -0.2) is 4.79 Å². The molecule has 2 aliphatic rings. The van der Waals surface area contributed by atoms with Gasteiger partial charge in [-0.1, -0.05) is 0 Å². The van der Waals surface area contributed by atoms with Gasteiger partial charge in [0.25, 0.3) is 0 Å². The summed E-state index contributed by atoms with van der Waals surface area (Å²) in [5, 5.41) is 0. The molecule has 16 heavy (non-hydrogen) atoms. The van der Waals surface area contributed by atoms with E-state index < -0.39 is 0 Å². The smallest absolute Gasteiger partial charge is 0.320 e. The SMILES string of the molecule is CC(C)N1CCC(N2CCN(C)C2=O)CC1. The van der Waals surface area contributed by atoms with Crippen LogP contribution in [0.15, 0.2) is 0 Å². The molecule has 0 unspecified atom stereocenters. The molecule has 2 rings (SSSR count). The van der Waals surface area contributed by atoms with Crippen LogP contribution >= 0.6 is 0 Å². The van der Waals surface area contributed by atoms with Crippen LogP contribution in [-0.2, 0) is 0 Å². The Morgan fingerprint density at radius 3 is 2.19 bits per heavy atom. The van der Waals surface area contributed by atoms with E-state index in [0.29, 0.717) is 12.1 Å². The summed E-state index contributed by atoms with van der Waals surface area (Å²) in [6.45, 7) is 8.57. The van der Waals surface area contributed by atoms with Crippen molar-refractivity contribution in [3.63, 3.8) is 0 Å². The van der Waals surface area contributed by atoms with E-state index in [1.54, 1.807) is 0 Å². The Labute approximate surface area is 98.2 Å². The quantitative estimate of drug-likeness (QED) is 0.706. The third-order valence-electron chi connectivity index (χ3n) is 3.92. The molecule has 0 radical (unpaired) electrons. The van der Waals surface area contributed by atoms with Gasteiger partial charge in [0.2, 0.25) is 0 Å². The predicted molar refractivity (Wildman–Crippen MR) is 64.5 cm³/mol. The first-order chi connectivity index (χ1) is 7.59. The molecule has 0 aliphatic carbocycles. The molecule has 2 fully saturated rings. The minimum Gasteiger partial charge on any atom is -0.326 e. The third-order valence-corrected chi connectivity index (χ3v) is 3.92. The van der Waals surface area contributed by atoms with Crippen LogP contribution in [0.3, 0.4) is 0 Å². The van der Waals surface area contributed by atoms with Crippen molar-refractivity contribution < 1.29 is 4.79 Å². The van der Waals surface area contributed by atoms with Gasteiger partial charge < -0.3 is 14.7 Å². The van der Waals surface area contributed by atoms with E-state index in [2.05, 4.69) is 23.6 Å². The maximum Gasteiger partial charge on any atom is 0.320 e. The van der Waals surface area contributed by atoms with E-state index in [0.717, 1.165) is 39.0 Å². The normalized spacial score (nSPS) is 24.9. The van der Waals surface area contributed by atoms with Gasteiger partial charge in [-0.3, -0.25) is 0 Å². The fourth-order valence-corrected chi connectivity index (χ4v) is 2.72. The van der Waals surface area contributed by atoms with E-state index in [9.17, 15) is 4.79 Å². The largest absolute Gasteiger partial charge is 0.326 e. The van der Waals surface area contributed by atoms with Crippen LogP contribution in [0.4, 0.5) is 4.79 Å². The number of rotatable bonds is 2. The molecule has 2 saturated heterocycles. The minimum absolute atomic E-state index is 0.225. The van der Waals surface area contributed by atoms with Gasteiger partial charge in [0.1, 0.15) is 0 Å². The van der Waals surface area contributed by atoms with Crippen LogP contribution < -0.4 is 0 Å². The van der Waals surface area contributed by atoms with Gasteiger partial charge in [0.15, 0.2) is 0 Å². The molecule has 2 aliphatic heterocycles. The first kappa shape index (κ1) is 11.7. The molecule has 0 N–H and O–H groups in total. The van der Waals surface area contributed by atoms with Gasteiger partial charge in [-0.05, 0) is 26.7 Å². The molecule has 0 aromatic rings. The lowest BCUT2D eigenvalue weighted by Gasteiger charge is -2.38. The lowest BCUT2D eigenvalue weighted by molar-refractivity contribution is 0.114. The van der Waals surface area contributed by atoms with Crippen LogP contribution in [0.25, 0.3) is 0 Å². The standard InChI is InChI=1S/C12H23N3O/c1-10(2)14-6-4-11(5-7-14)15-9-8-13(3)12(15)16/h10-11H,4-9H2,1-3H3. The number of likely N-dealkylation sites (N-methyl/N-ethyl adjacent to an activating group) is 1. The van der Waals surface area contributed by atoms with Crippen LogP contribution in [0, 0.1) is 0 Å². The third kappa shape index (κ3) is 2.17. The Bertz CT molecular complexity index is 259. The van der Waals surface area contributed by atoms with Gasteiger partial charge >= 0.3 is 6.03 Å². The molecule has 0 spiro atoms. The van der Waals surface area contributed by atoms with Crippen LogP contribution in [0.5, 0.6) is 0 Å². The minimum atomic E-state index is 0.225. The Kier molecular flexibility index (Phi) is 3.38. The molecule has 4 nitrogen and oxygen atoms in total.